The van der Waals surface area contributed by atoms with Gasteiger partial charge in [-0.3, -0.25) is 4.79 Å². The summed E-state index contributed by atoms with van der Waals surface area (Å²) >= 11 is 11.1. The Hall–Kier alpha value is -0.770. The van der Waals surface area contributed by atoms with Crippen molar-refractivity contribution < 1.29 is 4.79 Å². The van der Waals surface area contributed by atoms with Crippen molar-refractivity contribution in [2.24, 2.45) is 5.73 Å². The molecule has 1 aromatic rings. The zero-order chi connectivity index (χ0) is 12.0. The number of halogens is 2. The number of hydrogen-bond donors (Lipinski definition) is 2. The summed E-state index contributed by atoms with van der Waals surface area (Å²) in [7, 11) is 0. The molecule has 0 aliphatic heterocycles. The number of alkyl halides is 1. The summed E-state index contributed by atoms with van der Waals surface area (Å²) in [5, 5.41) is 3.34. The number of carbonyl (C=O) groups is 1. The van der Waals surface area contributed by atoms with Crippen molar-refractivity contribution in [2.45, 2.75) is 12.5 Å². The summed E-state index contributed by atoms with van der Waals surface area (Å²) in [4.78, 5) is 10.9. The van der Waals surface area contributed by atoms with Gasteiger partial charge in [-0.05, 0) is 24.1 Å². The molecule has 1 aromatic carbocycles. The zero-order valence-electron chi connectivity index (χ0n) is 8.75. The molecule has 0 radical (unpaired) electrons. The second kappa shape index (κ2) is 6.74. The maximum Gasteiger partial charge on any atom is 0.234 e. The minimum absolute atomic E-state index is 0.0341. The lowest BCUT2D eigenvalue weighted by Gasteiger charge is -2.12. The molecule has 3 N–H and O–H groups in total. The third kappa shape index (κ3) is 4.84. The largest absolute Gasteiger partial charge is 0.353 e. The van der Waals surface area contributed by atoms with E-state index in [1.807, 2.05) is 24.3 Å². The number of benzene rings is 1. The third-order valence-electron chi connectivity index (χ3n) is 2.09. The molecule has 1 unspecified atom stereocenters. The quantitative estimate of drug-likeness (QED) is 0.790. The van der Waals surface area contributed by atoms with E-state index in [9.17, 15) is 4.79 Å². The molecule has 1 rings (SSSR count). The fourth-order valence-corrected chi connectivity index (χ4v) is 1.51. The van der Waals surface area contributed by atoms with Crippen molar-refractivity contribution in [1.29, 1.82) is 0 Å². The number of nitrogens with two attached hydrogens (primary N) is 1. The van der Waals surface area contributed by atoms with Crippen LogP contribution in [0.1, 0.15) is 5.56 Å². The molecule has 3 nitrogen and oxygen atoms in total. The molecular formula is C11H14Cl2N2O. The maximum atomic E-state index is 10.9. The molecule has 16 heavy (non-hydrogen) atoms. The summed E-state index contributed by atoms with van der Waals surface area (Å²) < 4.78 is 0. The smallest absolute Gasteiger partial charge is 0.234 e. The number of rotatable bonds is 5. The van der Waals surface area contributed by atoms with Gasteiger partial charge in [0, 0.05) is 17.6 Å². The lowest BCUT2D eigenvalue weighted by Crippen LogP contribution is -2.39. The highest BCUT2D eigenvalue weighted by Gasteiger charge is 2.06. The van der Waals surface area contributed by atoms with E-state index in [1.165, 1.54) is 0 Å². The summed E-state index contributed by atoms with van der Waals surface area (Å²) in [6.45, 7) is 0.425. The van der Waals surface area contributed by atoms with Crippen molar-refractivity contribution in [1.82, 2.24) is 5.32 Å². The standard InChI is InChI=1S/C11H14Cl2N2O/c12-6-11(16)15-7-10(14)5-8-1-3-9(13)4-2-8/h1-4,10H,5-7,14H2,(H,15,16). The molecule has 5 heteroatoms. The summed E-state index contributed by atoms with van der Waals surface area (Å²) in [5.74, 6) is -0.235. The van der Waals surface area contributed by atoms with Gasteiger partial charge < -0.3 is 11.1 Å². The van der Waals surface area contributed by atoms with Crippen LogP contribution in [0.5, 0.6) is 0 Å². The van der Waals surface area contributed by atoms with Gasteiger partial charge in [-0.1, -0.05) is 23.7 Å². The van der Waals surface area contributed by atoms with Crippen LogP contribution in [0, 0.1) is 0 Å². The summed E-state index contributed by atoms with van der Waals surface area (Å²) in [6, 6.07) is 7.37. The van der Waals surface area contributed by atoms with Crippen LogP contribution in [0.4, 0.5) is 0 Å². The van der Waals surface area contributed by atoms with Crippen molar-refractivity contribution in [2.75, 3.05) is 12.4 Å². The van der Waals surface area contributed by atoms with Crippen molar-refractivity contribution in [3.8, 4) is 0 Å². The molecule has 0 saturated heterocycles. The van der Waals surface area contributed by atoms with E-state index in [-0.39, 0.29) is 17.8 Å². The third-order valence-corrected chi connectivity index (χ3v) is 2.59. The van der Waals surface area contributed by atoms with E-state index < -0.39 is 0 Å². The fraction of sp³-hybridized carbons (Fsp3) is 0.364. The lowest BCUT2D eigenvalue weighted by atomic mass is 10.1. The van der Waals surface area contributed by atoms with E-state index >= 15 is 0 Å². The second-order valence-corrected chi connectivity index (χ2v) is 4.23. The van der Waals surface area contributed by atoms with Gasteiger partial charge in [-0.25, -0.2) is 0 Å². The van der Waals surface area contributed by atoms with Crippen LogP contribution >= 0.6 is 23.2 Å². The van der Waals surface area contributed by atoms with E-state index in [0.29, 0.717) is 18.0 Å². The number of hydrogen-bond acceptors (Lipinski definition) is 2. The monoisotopic (exact) mass is 260 g/mol. The predicted molar refractivity (Wildman–Crippen MR) is 66.9 cm³/mol. The first-order chi connectivity index (χ1) is 7.61. The average Bonchev–Trinajstić information content (AvgIpc) is 2.29. The van der Waals surface area contributed by atoms with Crippen LogP contribution < -0.4 is 11.1 Å². The van der Waals surface area contributed by atoms with Crippen molar-refractivity contribution in [3.05, 3.63) is 34.9 Å². The Kier molecular flexibility index (Phi) is 5.60. The molecule has 0 aromatic heterocycles. The Labute approximate surface area is 105 Å². The fourth-order valence-electron chi connectivity index (χ4n) is 1.29. The minimum atomic E-state index is -0.201. The molecule has 0 aliphatic carbocycles. The molecule has 88 valence electrons. The van der Waals surface area contributed by atoms with Crippen LogP contribution in [-0.2, 0) is 11.2 Å². The van der Waals surface area contributed by atoms with E-state index in [4.69, 9.17) is 28.9 Å². The van der Waals surface area contributed by atoms with Crippen LogP contribution in [0.3, 0.4) is 0 Å². The normalized spacial score (nSPS) is 12.2. The molecule has 0 fully saturated rings. The Bertz CT molecular complexity index is 340. The minimum Gasteiger partial charge on any atom is -0.353 e. The highest BCUT2D eigenvalue weighted by molar-refractivity contribution is 6.30. The Balaban J connectivity index is 2.36. The van der Waals surface area contributed by atoms with Gasteiger partial charge in [0.05, 0.1) is 0 Å². The van der Waals surface area contributed by atoms with E-state index in [1.54, 1.807) is 0 Å². The lowest BCUT2D eigenvalue weighted by molar-refractivity contribution is -0.118. The first-order valence-electron chi connectivity index (χ1n) is 4.94. The highest BCUT2D eigenvalue weighted by Crippen LogP contribution is 2.10. The molecule has 0 aliphatic rings. The summed E-state index contributed by atoms with van der Waals surface area (Å²) in [6.07, 6.45) is 0.694. The molecule has 1 amide bonds. The zero-order valence-corrected chi connectivity index (χ0v) is 10.3. The molecule has 1 atom stereocenters. The maximum absolute atomic E-state index is 10.9. The SMILES string of the molecule is NC(CNC(=O)CCl)Cc1ccc(Cl)cc1. The van der Waals surface area contributed by atoms with Crippen LogP contribution in [0.2, 0.25) is 5.02 Å². The topological polar surface area (TPSA) is 55.1 Å². The van der Waals surface area contributed by atoms with E-state index in [0.717, 1.165) is 5.56 Å². The number of carbonyl (C=O) groups excluding carboxylic acids is 1. The van der Waals surface area contributed by atoms with E-state index in [2.05, 4.69) is 5.32 Å². The molecule has 0 saturated carbocycles. The first-order valence-corrected chi connectivity index (χ1v) is 5.85. The van der Waals surface area contributed by atoms with Gasteiger partial charge >= 0.3 is 0 Å². The number of amides is 1. The van der Waals surface area contributed by atoms with Crippen LogP contribution in [0.25, 0.3) is 0 Å². The van der Waals surface area contributed by atoms with Crippen molar-refractivity contribution >= 4 is 29.1 Å². The Morgan fingerprint density at radius 3 is 2.56 bits per heavy atom. The second-order valence-electron chi connectivity index (χ2n) is 3.53. The van der Waals surface area contributed by atoms with Gasteiger partial charge in [0.1, 0.15) is 5.88 Å². The van der Waals surface area contributed by atoms with Crippen molar-refractivity contribution in [3.63, 3.8) is 0 Å². The Morgan fingerprint density at radius 1 is 1.38 bits per heavy atom. The van der Waals surface area contributed by atoms with Gasteiger partial charge in [-0.15, -0.1) is 11.6 Å². The van der Waals surface area contributed by atoms with Gasteiger partial charge in [-0.2, -0.15) is 0 Å². The molecular weight excluding hydrogens is 247 g/mol. The molecule has 0 heterocycles. The molecule has 0 spiro atoms. The Morgan fingerprint density at radius 2 is 2.00 bits per heavy atom. The summed E-state index contributed by atoms with van der Waals surface area (Å²) in [5.41, 5.74) is 6.95. The van der Waals surface area contributed by atoms with Crippen LogP contribution in [0.15, 0.2) is 24.3 Å². The average molecular weight is 261 g/mol. The van der Waals surface area contributed by atoms with Crippen LogP contribution in [-0.4, -0.2) is 24.4 Å². The predicted octanol–water partition coefficient (Wildman–Crippen LogP) is 1.56. The van der Waals surface area contributed by atoms with Gasteiger partial charge in [0.25, 0.3) is 0 Å². The number of nitrogens with one attached hydrogen (secondary N) is 1. The van der Waals surface area contributed by atoms with Gasteiger partial charge in [0.2, 0.25) is 5.91 Å². The van der Waals surface area contributed by atoms with Gasteiger partial charge in [0.15, 0.2) is 0 Å². The first kappa shape index (κ1) is 13.3. The molecule has 0 bridgehead atoms. The highest BCUT2D eigenvalue weighted by atomic mass is 35.5.